The third-order valence-electron chi connectivity index (χ3n) is 4.33. The summed E-state index contributed by atoms with van der Waals surface area (Å²) in [5, 5.41) is 8.81. The Morgan fingerprint density at radius 2 is 1.73 bits per heavy atom. The zero-order chi connectivity index (χ0) is 16.2. The predicted octanol–water partition coefficient (Wildman–Crippen LogP) is 1.38. The van der Waals surface area contributed by atoms with Crippen molar-refractivity contribution in [2.75, 3.05) is 39.3 Å². The number of aliphatic hydroxyl groups excluding tert-OH is 1. The molecule has 0 atom stereocenters. The number of aliphatic hydroxyl groups is 1. The molecule has 0 aliphatic carbocycles. The number of piperazine rings is 1. The Morgan fingerprint density at radius 3 is 2.32 bits per heavy atom. The molecular formula is C16H26N2O3S. The lowest BCUT2D eigenvalue weighted by Gasteiger charge is -2.34. The summed E-state index contributed by atoms with van der Waals surface area (Å²) in [6, 6.07) is 5.33. The van der Waals surface area contributed by atoms with Crippen molar-refractivity contribution in [3.63, 3.8) is 0 Å². The normalized spacial score (nSPS) is 17.8. The van der Waals surface area contributed by atoms with E-state index < -0.39 is 10.0 Å². The lowest BCUT2D eigenvalue weighted by atomic mass is 10.1. The van der Waals surface area contributed by atoms with Gasteiger partial charge in [0.05, 0.1) is 4.90 Å². The van der Waals surface area contributed by atoms with Crippen molar-refractivity contribution < 1.29 is 13.5 Å². The number of hydrogen-bond donors (Lipinski definition) is 1. The summed E-state index contributed by atoms with van der Waals surface area (Å²) < 4.78 is 27.0. The molecule has 0 saturated carbocycles. The van der Waals surface area contributed by atoms with Crippen LogP contribution in [0.1, 0.15) is 24.0 Å². The van der Waals surface area contributed by atoms with E-state index in [1.807, 2.05) is 19.9 Å². The van der Waals surface area contributed by atoms with Crippen LogP contribution in [0, 0.1) is 13.8 Å². The van der Waals surface area contributed by atoms with Gasteiger partial charge in [-0.2, -0.15) is 4.31 Å². The summed E-state index contributed by atoms with van der Waals surface area (Å²) in [6.45, 7) is 7.66. The zero-order valence-corrected chi connectivity index (χ0v) is 14.3. The molecule has 1 fully saturated rings. The predicted molar refractivity (Wildman–Crippen MR) is 87.4 cm³/mol. The molecule has 0 bridgehead atoms. The molecule has 0 spiro atoms. The number of aryl methyl sites for hydroxylation is 2. The van der Waals surface area contributed by atoms with Gasteiger partial charge < -0.3 is 10.0 Å². The fourth-order valence-electron chi connectivity index (χ4n) is 2.66. The maximum atomic E-state index is 12.7. The average Bonchev–Trinajstić information content (AvgIpc) is 2.51. The van der Waals surface area contributed by atoms with Crippen molar-refractivity contribution in [2.24, 2.45) is 0 Å². The van der Waals surface area contributed by atoms with E-state index in [1.54, 1.807) is 16.4 Å². The lowest BCUT2D eigenvalue weighted by Crippen LogP contribution is -2.48. The first-order valence-corrected chi connectivity index (χ1v) is 9.30. The van der Waals surface area contributed by atoms with E-state index in [9.17, 15) is 8.42 Å². The Morgan fingerprint density at radius 1 is 1.05 bits per heavy atom. The van der Waals surface area contributed by atoms with Crippen molar-refractivity contribution in [3.05, 3.63) is 29.3 Å². The number of hydrogen-bond acceptors (Lipinski definition) is 4. The van der Waals surface area contributed by atoms with Crippen LogP contribution >= 0.6 is 0 Å². The highest BCUT2D eigenvalue weighted by Gasteiger charge is 2.28. The summed E-state index contributed by atoms with van der Waals surface area (Å²) in [6.07, 6.45) is 1.77. The quantitative estimate of drug-likeness (QED) is 0.803. The molecule has 1 aliphatic rings. The van der Waals surface area contributed by atoms with Gasteiger partial charge in [0.1, 0.15) is 0 Å². The highest BCUT2D eigenvalue weighted by molar-refractivity contribution is 7.89. The van der Waals surface area contributed by atoms with Gasteiger partial charge >= 0.3 is 0 Å². The van der Waals surface area contributed by atoms with E-state index in [1.165, 1.54) is 0 Å². The van der Waals surface area contributed by atoms with E-state index in [0.29, 0.717) is 18.0 Å². The Hall–Kier alpha value is -0.950. The van der Waals surface area contributed by atoms with Crippen LogP contribution in [-0.4, -0.2) is 62.1 Å². The second-order valence-corrected chi connectivity index (χ2v) is 7.86. The minimum Gasteiger partial charge on any atom is -0.396 e. The Kier molecular flexibility index (Phi) is 5.97. The minimum absolute atomic E-state index is 0.223. The van der Waals surface area contributed by atoms with Gasteiger partial charge in [-0.1, -0.05) is 6.07 Å². The highest BCUT2D eigenvalue weighted by Crippen LogP contribution is 2.20. The van der Waals surface area contributed by atoms with Gasteiger partial charge in [0.2, 0.25) is 10.0 Å². The fraction of sp³-hybridized carbons (Fsp3) is 0.625. The molecule has 0 unspecified atom stereocenters. The maximum absolute atomic E-state index is 12.7. The van der Waals surface area contributed by atoms with E-state index in [-0.39, 0.29) is 6.61 Å². The molecule has 0 aromatic heterocycles. The van der Waals surface area contributed by atoms with Crippen LogP contribution in [0.5, 0.6) is 0 Å². The summed E-state index contributed by atoms with van der Waals surface area (Å²) in [7, 11) is -3.38. The molecule has 1 heterocycles. The molecule has 1 saturated heterocycles. The standard InChI is InChI=1S/C16H26N2O3S/c1-14-5-6-16(13-15(14)2)22(20,21)18-10-8-17(9-11-18)7-3-4-12-19/h5-6,13,19H,3-4,7-12H2,1-2H3. The van der Waals surface area contributed by atoms with Crippen LogP contribution < -0.4 is 0 Å². The number of rotatable bonds is 6. The number of unbranched alkanes of at least 4 members (excludes halogenated alkanes) is 1. The first kappa shape index (κ1) is 17.4. The lowest BCUT2D eigenvalue weighted by molar-refractivity contribution is 0.180. The molecule has 124 valence electrons. The summed E-state index contributed by atoms with van der Waals surface area (Å²) in [5.74, 6) is 0. The van der Waals surface area contributed by atoms with Crippen molar-refractivity contribution in [1.82, 2.24) is 9.21 Å². The average molecular weight is 326 g/mol. The van der Waals surface area contributed by atoms with Crippen molar-refractivity contribution in [3.8, 4) is 0 Å². The zero-order valence-electron chi connectivity index (χ0n) is 13.5. The third kappa shape index (κ3) is 4.07. The van der Waals surface area contributed by atoms with Crippen LogP contribution in [0.4, 0.5) is 0 Å². The SMILES string of the molecule is Cc1ccc(S(=O)(=O)N2CCN(CCCCO)CC2)cc1C. The molecular weight excluding hydrogens is 300 g/mol. The van der Waals surface area contributed by atoms with Crippen LogP contribution in [0.2, 0.25) is 0 Å². The molecule has 0 amide bonds. The minimum atomic E-state index is -3.38. The van der Waals surface area contributed by atoms with Crippen LogP contribution in [-0.2, 0) is 10.0 Å². The monoisotopic (exact) mass is 326 g/mol. The first-order chi connectivity index (χ1) is 10.4. The van der Waals surface area contributed by atoms with Crippen LogP contribution in [0.25, 0.3) is 0 Å². The molecule has 0 radical (unpaired) electrons. The third-order valence-corrected chi connectivity index (χ3v) is 6.22. The van der Waals surface area contributed by atoms with Gasteiger partial charge in [0.25, 0.3) is 0 Å². The topological polar surface area (TPSA) is 60.9 Å². The van der Waals surface area contributed by atoms with Crippen molar-refractivity contribution in [1.29, 1.82) is 0 Å². The van der Waals surface area contributed by atoms with Gasteiger partial charge in [-0.3, -0.25) is 0 Å². The second kappa shape index (κ2) is 7.55. The van der Waals surface area contributed by atoms with E-state index in [0.717, 1.165) is 43.6 Å². The molecule has 6 heteroatoms. The van der Waals surface area contributed by atoms with Gasteiger partial charge in [-0.25, -0.2) is 8.42 Å². The number of benzene rings is 1. The molecule has 2 rings (SSSR count). The fourth-order valence-corrected chi connectivity index (χ4v) is 4.17. The second-order valence-electron chi connectivity index (χ2n) is 5.92. The van der Waals surface area contributed by atoms with Gasteiger partial charge in [0, 0.05) is 32.8 Å². The van der Waals surface area contributed by atoms with Crippen LogP contribution in [0.15, 0.2) is 23.1 Å². The smallest absolute Gasteiger partial charge is 0.243 e. The molecule has 1 aromatic rings. The Labute approximate surface area is 133 Å². The number of nitrogens with zero attached hydrogens (tertiary/aromatic N) is 2. The van der Waals surface area contributed by atoms with E-state index in [2.05, 4.69) is 4.90 Å². The largest absolute Gasteiger partial charge is 0.396 e. The molecule has 1 aromatic carbocycles. The Bertz CT molecular complexity index is 593. The highest BCUT2D eigenvalue weighted by atomic mass is 32.2. The van der Waals surface area contributed by atoms with Crippen molar-refractivity contribution >= 4 is 10.0 Å². The molecule has 1 N–H and O–H groups in total. The van der Waals surface area contributed by atoms with Crippen LogP contribution in [0.3, 0.4) is 0 Å². The summed E-state index contributed by atoms with van der Waals surface area (Å²) in [4.78, 5) is 2.66. The first-order valence-electron chi connectivity index (χ1n) is 7.86. The van der Waals surface area contributed by atoms with Crippen molar-refractivity contribution in [2.45, 2.75) is 31.6 Å². The van der Waals surface area contributed by atoms with Gasteiger partial charge in [-0.05, 0) is 56.5 Å². The molecule has 1 aliphatic heterocycles. The summed E-state index contributed by atoms with van der Waals surface area (Å²) >= 11 is 0. The van der Waals surface area contributed by atoms with Gasteiger partial charge in [0.15, 0.2) is 0 Å². The van der Waals surface area contributed by atoms with Gasteiger partial charge in [-0.15, -0.1) is 0 Å². The number of sulfonamides is 1. The maximum Gasteiger partial charge on any atom is 0.243 e. The Balaban J connectivity index is 1.98. The molecule has 22 heavy (non-hydrogen) atoms. The van der Waals surface area contributed by atoms with E-state index >= 15 is 0 Å². The van der Waals surface area contributed by atoms with E-state index in [4.69, 9.17) is 5.11 Å². The summed E-state index contributed by atoms with van der Waals surface area (Å²) in [5.41, 5.74) is 2.11. The molecule has 5 nitrogen and oxygen atoms in total.